The van der Waals surface area contributed by atoms with Crippen molar-refractivity contribution in [2.24, 2.45) is 0 Å². The van der Waals surface area contributed by atoms with E-state index in [1.165, 1.54) is 6.20 Å². The molecule has 3 heterocycles. The van der Waals surface area contributed by atoms with Crippen molar-refractivity contribution < 1.29 is 18.8 Å². The summed E-state index contributed by atoms with van der Waals surface area (Å²) < 4.78 is 16.9. The van der Waals surface area contributed by atoms with E-state index in [9.17, 15) is 4.79 Å². The zero-order valence-corrected chi connectivity index (χ0v) is 14.7. The maximum absolute atomic E-state index is 12.7. The molecule has 3 atom stereocenters. The number of likely N-dealkylation sites (tertiary alicyclic amines) is 1. The summed E-state index contributed by atoms with van der Waals surface area (Å²) in [5.41, 5.74) is 0.560. The number of hydrogen-bond acceptors (Lipinski definition) is 6. The number of rotatable bonds is 6. The van der Waals surface area contributed by atoms with Crippen LogP contribution in [0.5, 0.6) is 0 Å². The first kappa shape index (κ1) is 17.4. The quantitative estimate of drug-likeness (QED) is 0.730. The number of nitrogens with zero attached hydrogens (tertiary/aromatic N) is 3. The molecule has 0 radical (unpaired) electrons. The maximum Gasteiger partial charge on any atom is 0.259 e. The van der Waals surface area contributed by atoms with Gasteiger partial charge >= 0.3 is 0 Å². The average Bonchev–Trinajstić information content (AvgIpc) is 3.16. The minimum atomic E-state index is 0.00512. The van der Waals surface area contributed by atoms with Crippen LogP contribution in [0.1, 0.15) is 35.4 Å². The highest BCUT2D eigenvalue weighted by Gasteiger charge is 2.42. The number of amides is 1. The van der Waals surface area contributed by atoms with Crippen LogP contribution in [0.25, 0.3) is 0 Å². The van der Waals surface area contributed by atoms with Crippen molar-refractivity contribution in [3.05, 3.63) is 17.5 Å². The van der Waals surface area contributed by atoms with Crippen molar-refractivity contribution in [2.75, 3.05) is 40.4 Å². The Hall–Kier alpha value is -1.44. The van der Waals surface area contributed by atoms with Crippen LogP contribution < -0.4 is 0 Å². The van der Waals surface area contributed by atoms with Crippen LogP contribution in [-0.4, -0.2) is 79.5 Å². The Bertz CT molecular complexity index is 560. The van der Waals surface area contributed by atoms with Gasteiger partial charge in [0, 0.05) is 13.1 Å². The molecule has 7 heteroatoms. The standard InChI is InChI=1S/C17H27N3O4/c1-12-14(10-18-24-12)17(21)20-7-6-16-15(20)5-4-13(23-16)11-22-9-8-19(2)3/h10,13,15-16H,4-9,11H2,1-3H3/t13-,15+,16+/m1/s1. The number of carbonyl (C=O) groups excluding carboxylic acids is 1. The number of ether oxygens (including phenoxy) is 2. The van der Waals surface area contributed by atoms with E-state index in [-0.39, 0.29) is 24.2 Å². The van der Waals surface area contributed by atoms with Crippen LogP contribution in [0, 0.1) is 6.92 Å². The van der Waals surface area contributed by atoms with E-state index in [2.05, 4.69) is 10.1 Å². The number of aromatic nitrogens is 1. The Morgan fingerprint density at radius 2 is 2.25 bits per heavy atom. The van der Waals surface area contributed by atoms with Crippen LogP contribution in [0.2, 0.25) is 0 Å². The van der Waals surface area contributed by atoms with Gasteiger partial charge in [-0.05, 0) is 40.3 Å². The van der Waals surface area contributed by atoms with Gasteiger partial charge in [0.25, 0.3) is 5.91 Å². The molecule has 0 unspecified atom stereocenters. The second-order valence-corrected chi connectivity index (χ2v) is 6.90. The smallest absolute Gasteiger partial charge is 0.259 e. The van der Waals surface area contributed by atoms with Crippen LogP contribution in [0.15, 0.2) is 10.7 Å². The fourth-order valence-corrected chi connectivity index (χ4v) is 3.49. The van der Waals surface area contributed by atoms with E-state index in [1.807, 2.05) is 19.0 Å². The largest absolute Gasteiger partial charge is 0.377 e. The monoisotopic (exact) mass is 337 g/mol. The lowest BCUT2D eigenvalue weighted by Gasteiger charge is -2.35. The molecule has 2 aliphatic heterocycles. The molecule has 0 saturated carbocycles. The number of aryl methyl sites for hydroxylation is 1. The SMILES string of the molecule is Cc1oncc1C(=O)N1CC[C@@H]2O[C@@H](COCCN(C)C)CC[C@@H]21. The highest BCUT2D eigenvalue weighted by molar-refractivity contribution is 5.95. The van der Waals surface area contributed by atoms with Gasteiger partial charge in [-0.25, -0.2) is 0 Å². The van der Waals surface area contributed by atoms with E-state index in [0.717, 1.165) is 39.0 Å². The van der Waals surface area contributed by atoms with Crippen molar-refractivity contribution >= 4 is 5.91 Å². The molecule has 0 spiro atoms. The van der Waals surface area contributed by atoms with E-state index < -0.39 is 0 Å². The van der Waals surface area contributed by atoms with Gasteiger partial charge in [-0.15, -0.1) is 0 Å². The highest BCUT2D eigenvalue weighted by atomic mass is 16.5. The zero-order chi connectivity index (χ0) is 17.1. The minimum absolute atomic E-state index is 0.00512. The number of fused-ring (bicyclic) bond motifs is 1. The zero-order valence-electron chi connectivity index (χ0n) is 14.7. The lowest BCUT2D eigenvalue weighted by molar-refractivity contribution is -0.0970. The number of carbonyl (C=O) groups is 1. The molecular formula is C17H27N3O4. The van der Waals surface area contributed by atoms with Crippen molar-refractivity contribution in [3.63, 3.8) is 0 Å². The van der Waals surface area contributed by atoms with Gasteiger partial charge in [0.15, 0.2) is 0 Å². The van der Waals surface area contributed by atoms with E-state index in [1.54, 1.807) is 6.92 Å². The first-order valence-electron chi connectivity index (χ1n) is 8.66. The lowest BCUT2D eigenvalue weighted by Crippen LogP contribution is -2.46. The molecule has 7 nitrogen and oxygen atoms in total. The van der Waals surface area contributed by atoms with Crippen LogP contribution in [0.4, 0.5) is 0 Å². The second kappa shape index (κ2) is 7.63. The molecule has 0 aromatic carbocycles. The predicted molar refractivity (Wildman–Crippen MR) is 87.9 cm³/mol. The van der Waals surface area contributed by atoms with Crippen molar-refractivity contribution in [1.29, 1.82) is 0 Å². The molecule has 0 N–H and O–H groups in total. The van der Waals surface area contributed by atoms with E-state index in [4.69, 9.17) is 14.0 Å². The van der Waals surface area contributed by atoms with Crippen LogP contribution in [0.3, 0.4) is 0 Å². The molecule has 2 aliphatic rings. The third-order valence-corrected chi connectivity index (χ3v) is 4.86. The van der Waals surface area contributed by atoms with Gasteiger partial charge in [0.1, 0.15) is 11.3 Å². The van der Waals surface area contributed by atoms with Gasteiger partial charge < -0.3 is 23.8 Å². The molecule has 3 rings (SSSR count). The third-order valence-electron chi connectivity index (χ3n) is 4.86. The minimum Gasteiger partial charge on any atom is -0.377 e. The summed E-state index contributed by atoms with van der Waals surface area (Å²) in [6.45, 7) is 4.77. The molecule has 2 fully saturated rings. The van der Waals surface area contributed by atoms with Crippen molar-refractivity contribution in [2.45, 2.75) is 44.4 Å². The van der Waals surface area contributed by atoms with Crippen LogP contribution in [-0.2, 0) is 9.47 Å². The molecule has 24 heavy (non-hydrogen) atoms. The topological polar surface area (TPSA) is 68.0 Å². The van der Waals surface area contributed by atoms with Crippen LogP contribution >= 0.6 is 0 Å². The molecule has 0 aliphatic carbocycles. The molecule has 1 aromatic rings. The summed E-state index contributed by atoms with van der Waals surface area (Å²) in [5.74, 6) is 0.581. The summed E-state index contributed by atoms with van der Waals surface area (Å²) >= 11 is 0. The highest BCUT2D eigenvalue weighted by Crippen LogP contribution is 2.32. The first-order chi connectivity index (χ1) is 11.6. The Kier molecular flexibility index (Phi) is 5.53. The van der Waals surface area contributed by atoms with Gasteiger partial charge in [-0.3, -0.25) is 4.79 Å². The number of hydrogen-bond donors (Lipinski definition) is 0. The molecule has 2 saturated heterocycles. The van der Waals surface area contributed by atoms with Gasteiger partial charge in [0.2, 0.25) is 0 Å². The van der Waals surface area contributed by atoms with E-state index in [0.29, 0.717) is 17.9 Å². The third kappa shape index (κ3) is 3.79. The predicted octanol–water partition coefficient (Wildman–Crippen LogP) is 1.32. The molecular weight excluding hydrogens is 310 g/mol. The first-order valence-corrected chi connectivity index (χ1v) is 8.66. The van der Waals surface area contributed by atoms with Gasteiger partial charge in [-0.1, -0.05) is 5.16 Å². The van der Waals surface area contributed by atoms with E-state index >= 15 is 0 Å². The normalized spacial score (nSPS) is 26.8. The number of likely N-dealkylation sites (N-methyl/N-ethyl adjacent to an activating group) is 1. The lowest BCUT2D eigenvalue weighted by atomic mass is 9.99. The Morgan fingerprint density at radius 1 is 1.42 bits per heavy atom. The summed E-state index contributed by atoms with van der Waals surface area (Å²) in [4.78, 5) is 16.7. The summed E-state index contributed by atoms with van der Waals surface area (Å²) in [6, 6.07) is 0.157. The van der Waals surface area contributed by atoms with Crippen molar-refractivity contribution in [1.82, 2.24) is 15.0 Å². The van der Waals surface area contributed by atoms with Gasteiger partial charge in [0.05, 0.1) is 37.7 Å². The molecule has 1 amide bonds. The Balaban J connectivity index is 1.50. The fourth-order valence-electron chi connectivity index (χ4n) is 3.49. The Morgan fingerprint density at radius 3 is 2.96 bits per heavy atom. The summed E-state index contributed by atoms with van der Waals surface area (Å²) in [6.07, 6.45) is 4.54. The molecule has 1 aromatic heterocycles. The Labute approximate surface area is 142 Å². The molecule has 0 bridgehead atoms. The van der Waals surface area contributed by atoms with Crippen molar-refractivity contribution in [3.8, 4) is 0 Å². The average molecular weight is 337 g/mol. The summed E-state index contributed by atoms with van der Waals surface area (Å²) in [7, 11) is 4.07. The fraction of sp³-hybridized carbons (Fsp3) is 0.765. The maximum atomic E-state index is 12.7. The van der Waals surface area contributed by atoms with Gasteiger partial charge in [-0.2, -0.15) is 0 Å². The molecule has 134 valence electrons. The second-order valence-electron chi connectivity index (χ2n) is 6.90. The summed E-state index contributed by atoms with van der Waals surface area (Å²) in [5, 5.41) is 3.71.